The van der Waals surface area contributed by atoms with Crippen LogP contribution >= 0.6 is 0 Å². The maximum Gasteiger partial charge on any atom is 0.269 e. The van der Waals surface area contributed by atoms with Gasteiger partial charge in [0.05, 0.1) is 10.6 Å². The van der Waals surface area contributed by atoms with Crippen molar-refractivity contribution in [1.29, 1.82) is 0 Å². The van der Waals surface area contributed by atoms with E-state index in [2.05, 4.69) is 10.2 Å². The number of non-ortho nitro benzene ring substituents is 1. The number of anilines is 1. The highest BCUT2D eigenvalue weighted by atomic mass is 16.6. The summed E-state index contributed by atoms with van der Waals surface area (Å²) in [6.07, 6.45) is 1.88. The number of hydrogen-bond acceptors (Lipinski definition) is 5. The lowest BCUT2D eigenvalue weighted by Gasteiger charge is -2.03. The second-order valence-electron chi connectivity index (χ2n) is 4.49. The molecular weight excluding hydrogens is 258 g/mol. The summed E-state index contributed by atoms with van der Waals surface area (Å²) in [4.78, 5) is 10.2. The normalized spacial score (nSPS) is 10.8. The highest BCUT2D eigenvalue weighted by molar-refractivity contribution is 5.70. The van der Waals surface area contributed by atoms with Crippen molar-refractivity contribution in [2.75, 3.05) is 5.73 Å². The second kappa shape index (κ2) is 4.30. The van der Waals surface area contributed by atoms with Crippen molar-refractivity contribution in [1.82, 2.24) is 14.6 Å². The Morgan fingerprint density at radius 3 is 2.60 bits per heavy atom. The number of fused-ring (bicyclic) bond motifs is 1. The number of nitrogens with zero attached hydrogens (tertiary/aromatic N) is 4. The summed E-state index contributed by atoms with van der Waals surface area (Å²) in [5.41, 5.74) is 8.79. The first kappa shape index (κ1) is 12.1. The topological polar surface area (TPSA) is 99.3 Å². The highest BCUT2D eigenvalue weighted by Crippen LogP contribution is 2.24. The summed E-state index contributed by atoms with van der Waals surface area (Å²) in [6, 6.07) is 8.00. The van der Waals surface area contributed by atoms with E-state index in [9.17, 15) is 10.1 Å². The predicted molar refractivity (Wildman–Crippen MR) is 74.2 cm³/mol. The number of aromatic nitrogens is 3. The highest BCUT2D eigenvalue weighted by Gasteiger charge is 2.12. The van der Waals surface area contributed by atoms with Crippen molar-refractivity contribution < 1.29 is 4.92 Å². The molecule has 0 saturated carbocycles. The molecule has 1 aromatic carbocycles. The molecule has 3 aromatic rings. The summed E-state index contributed by atoms with van der Waals surface area (Å²) in [6.45, 7) is 1.93. The maximum atomic E-state index is 10.7. The third-order valence-electron chi connectivity index (χ3n) is 3.01. The molecule has 7 heteroatoms. The van der Waals surface area contributed by atoms with E-state index in [0.717, 1.165) is 11.1 Å². The van der Waals surface area contributed by atoms with Gasteiger partial charge in [0.25, 0.3) is 5.69 Å². The molecule has 0 atom stereocenters. The van der Waals surface area contributed by atoms with E-state index in [-0.39, 0.29) is 5.69 Å². The molecule has 0 fully saturated rings. The monoisotopic (exact) mass is 269 g/mol. The summed E-state index contributed by atoms with van der Waals surface area (Å²) < 4.78 is 1.78. The average Bonchev–Trinajstić information content (AvgIpc) is 2.82. The van der Waals surface area contributed by atoms with Crippen molar-refractivity contribution in [3.05, 3.63) is 52.2 Å². The van der Waals surface area contributed by atoms with Gasteiger partial charge in [0.2, 0.25) is 0 Å². The minimum Gasteiger partial charge on any atom is -0.396 e. The van der Waals surface area contributed by atoms with E-state index in [1.165, 1.54) is 12.1 Å². The van der Waals surface area contributed by atoms with Crippen LogP contribution in [0.4, 0.5) is 11.4 Å². The fraction of sp³-hybridized carbons (Fsp3) is 0.0769. The summed E-state index contributed by atoms with van der Waals surface area (Å²) in [7, 11) is 0. The molecule has 0 aliphatic rings. The standard InChI is InChI=1S/C13H11N5O2/c1-8-6-11(14)13-16-15-12(17(13)7-8)9-2-4-10(5-3-9)18(19)20/h2-7H,14H2,1H3. The minimum absolute atomic E-state index is 0.0401. The SMILES string of the molecule is Cc1cc(N)c2nnc(-c3ccc([N+](=O)[O-])cc3)n2c1. The quantitative estimate of drug-likeness (QED) is 0.567. The molecule has 0 amide bonds. The lowest BCUT2D eigenvalue weighted by Crippen LogP contribution is -1.96. The molecule has 7 nitrogen and oxygen atoms in total. The van der Waals surface area contributed by atoms with Gasteiger partial charge in [0, 0.05) is 23.9 Å². The Morgan fingerprint density at radius 2 is 1.95 bits per heavy atom. The second-order valence-corrected chi connectivity index (χ2v) is 4.49. The first-order valence-electron chi connectivity index (χ1n) is 5.92. The first-order valence-corrected chi connectivity index (χ1v) is 5.92. The summed E-state index contributed by atoms with van der Waals surface area (Å²) in [5, 5.41) is 18.8. The Balaban J connectivity index is 2.17. The number of aryl methyl sites for hydroxylation is 1. The number of nitrogen functional groups attached to an aromatic ring is 1. The fourth-order valence-electron chi connectivity index (χ4n) is 2.09. The Morgan fingerprint density at radius 1 is 1.25 bits per heavy atom. The van der Waals surface area contributed by atoms with Gasteiger partial charge < -0.3 is 5.73 Å². The number of nitro benzene ring substituents is 1. The van der Waals surface area contributed by atoms with Gasteiger partial charge in [0.1, 0.15) is 0 Å². The van der Waals surface area contributed by atoms with Crippen LogP contribution in [0.2, 0.25) is 0 Å². The van der Waals surface area contributed by atoms with Gasteiger partial charge in [-0.25, -0.2) is 0 Å². The Bertz CT molecular complexity index is 807. The number of nitrogens with two attached hydrogens (primary N) is 1. The molecule has 3 rings (SSSR count). The number of rotatable bonds is 2. The molecule has 2 aromatic heterocycles. The number of hydrogen-bond donors (Lipinski definition) is 1. The van der Waals surface area contributed by atoms with E-state index < -0.39 is 4.92 Å². The van der Waals surface area contributed by atoms with Gasteiger partial charge in [-0.2, -0.15) is 0 Å². The third kappa shape index (κ3) is 1.85. The summed E-state index contributed by atoms with van der Waals surface area (Å²) >= 11 is 0. The molecule has 0 spiro atoms. The van der Waals surface area contributed by atoms with Crippen LogP contribution in [0.3, 0.4) is 0 Å². The van der Waals surface area contributed by atoms with Crippen molar-refractivity contribution in [2.24, 2.45) is 0 Å². The molecule has 0 saturated heterocycles. The molecule has 20 heavy (non-hydrogen) atoms. The van der Waals surface area contributed by atoms with Crippen molar-refractivity contribution in [3.8, 4) is 11.4 Å². The zero-order valence-corrected chi connectivity index (χ0v) is 10.6. The zero-order valence-electron chi connectivity index (χ0n) is 10.6. The fourth-order valence-corrected chi connectivity index (χ4v) is 2.09. The van der Waals surface area contributed by atoms with Crippen LogP contribution < -0.4 is 5.73 Å². The lowest BCUT2D eigenvalue weighted by atomic mass is 10.2. The number of benzene rings is 1. The molecule has 100 valence electrons. The van der Waals surface area contributed by atoms with E-state index >= 15 is 0 Å². The van der Waals surface area contributed by atoms with Crippen LogP contribution in [-0.2, 0) is 0 Å². The predicted octanol–water partition coefficient (Wildman–Crippen LogP) is 2.20. The van der Waals surface area contributed by atoms with Crippen LogP contribution in [0, 0.1) is 17.0 Å². The van der Waals surface area contributed by atoms with Gasteiger partial charge in [-0.15, -0.1) is 10.2 Å². The zero-order chi connectivity index (χ0) is 14.3. The molecule has 0 aliphatic carbocycles. The average molecular weight is 269 g/mol. The van der Waals surface area contributed by atoms with E-state index in [1.807, 2.05) is 19.2 Å². The molecule has 0 bridgehead atoms. The Kier molecular flexibility index (Phi) is 2.60. The van der Waals surface area contributed by atoms with E-state index in [4.69, 9.17) is 5.73 Å². The maximum absolute atomic E-state index is 10.7. The van der Waals surface area contributed by atoms with Crippen LogP contribution in [0.25, 0.3) is 17.0 Å². The van der Waals surface area contributed by atoms with Gasteiger partial charge in [-0.1, -0.05) is 0 Å². The molecule has 0 unspecified atom stereocenters. The number of nitro groups is 1. The largest absolute Gasteiger partial charge is 0.396 e. The van der Waals surface area contributed by atoms with Crippen molar-refractivity contribution in [3.63, 3.8) is 0 Å². The third-order valence-corrected chi connectivity index (χ3v) is 3.01. The van der Waals surface area contributed by atoms with Crippen LogP contribution in [0.15, 0.2) is 36.5 Å². The molecule has 0 aliphatic heterocycles. The van der Waals surface area contributed by atoms with Crippen molar-refractivity contribution in [2.45, 2.75) is 6.92 Å². The minimum atomic E-state index is -0.437. The Labute approximate surface area is 113 Å². The van der Waals surface area contributed by atoms with Crippen LogP contribution in [0.5, 0.6) is 0 Å². The number of pyridine rings is 1. The lowest BCUT2D eigenvalue weighted by molar-refractivity contribution is -0.384. The Hall–Kier alpha value is -2.96. The first-order chi connectivity index (χ1) is 9.56. The molecule has 2 heterocycles. The molecular formula is C13H11N5O2. The van der Waals surface area contributed by atoms with E-state index in [0.29, 0.717) is 17.2 Å². The van der Waals surface area contributed by atoms with Gasteiger partial charge in [0.15, 0.2) is 11.5 Å². The van der Waals surface area contributed by atoms with Crippen molar-refractivity contribution >= 4 is 17.0 Å². The van der Waals surface area contributed by atoms with E-state index in [1.54, 1.807) is 16.5 Å². The smallest absolute Gasteiger partial charge is 0.269 e. The molecule has 2 N–H and O–H groups in total. The van der Waals surface area contributed by atoms with Crippen LogP contribution in [-0.4, -0.2) is 19.5 Å². The summed E-state index contributed by atoms with van der Waals surface area (Å²) in [5.74, 6) is 0.602. The van der Waals surface area contributed by atoms with Gasteiger partial charge in [-0.05, 0) is 30.7 Å². The molecule has 0 radical (unpaired) electrons. The van der Waals surface area contributed by atoms with Crippen LogP contribution in [0.1, 0.15) is 5.56 Å². The van der Waals surface area contributed by atoms with Gasteiger partial charge >= 0.3 is 0 Å². The van der Waals surface area contributed by atoms with Gasteiger partial charge in [-0.3, -0.25) is 14.5 Å².